The first-order valence-electron chi connectivity index (χ1n) is 7.80. The molecule has 3 aromatic carbocycles. The summed E-state index contributed by atoms with van der Waals surface area (Å²) in [7, 11) is 1.60. The van der Waals surface area contributed by atoms with Gasteiger partial charge >= 0.3 is 0 Å². The van der Waals surface area contributed by atoms with Crippen LogP contribution in [0.15, 0.2) is 91.0 Å². The predicted molar refractivity (Wildman–Crippen MR) is 94.6 cm³/mol. The molecule has 3 rings (SSSR count). The van der Waals surface area contributed by atoms with Crippen molar-refractivity contribution in [1.29, 1.82) is 0 Å². The van der Waals surface area contributed by atoms with Crippen molar-refractivity contribution in [3.63, 3.8) is 0 Å². The molecule has 0 saturated carbocycles. The van der Waals surface area contributed by atoms with Crippen molar-refractivity contribution < 1.29 is 9.53 Å². The molecular weight excluding hydrogens is 298 g/mol. The first kappa shape index (κ1) is 16.0. The fourth-order valence-electron chi connectivity index (χ4n) is 2.77. The Morgan fingerprint density at radius 1 is 0.750 bits per heavy atom. The van der Waals surface area contributed by atoms with Crippen LogP contribution in [-0.4, -0.2) is 13.0 Å². The van der Waals surface area contributed by atoms with E-state index < -0.39 is 5.72 Å². The second-order valence-electron chi connectivity index (χ2n) is 5.44. The Labute approximate surface area is 141 Å². The summed E-state index contributed by atoms with van der Waals surface area (Å²) >= 11 is 0. The second-order valence-corrected chi connectivity index (χ2v) is 5.44. The minimum Gasteiger partial charge on any atom is -0.351 e. The molecule has 3 aromatic rings. The summed E-state index contributed by atoms with van der Waals surface area (Å²) in [5, 5.41) is 3.07. The quantitative estimate of drug-likeness (QED) is 0.723. The van der Waals surface area contributed by atoms with Crippen LogP contribution in [0.1, 0.15) is 21.5 Å². The molecule has 0 fully saturated rings. The second kappa shape index (κ2) is 7.11. The summed E-state index contributed by atoms with van der Waals surface area (Å²) in [5.74, 6) is -0.190. The standard InChI is InChI=1S/C21H19NO2/c1-24-21(18-13-7-3-8-14-18,19-15-9-4-10-16-19)22-20(23)17-11-5-2-6-12-17/h2-16H,1H3,(H,22,23). The number of rotatable bonds is 5. The first-order valence-corrected chi connectivity index (χ1v) is 7.80. The van der Waals surface area contributed by atoms with Gasteiger partial charge in [0.2, 0.25) is 0 Å². The van der Waals surface area contributed by atoms with E-state index in [0.717, 1.165) is 11.1 Å². The van der Waals surface area contributed by atoms with Crippen LogP contribution in [0.25, 0.3) is 0 Å². The Morgan fingerprint density at radius 2 is 1.17 bits per heavy atom. The SMILES string of the molecule is COC(NC(=O)c1ccccc1)(c1ccccc1)c1ccccc1. The van der Waals surface area contributed by atoms with E-state index in [1.54, 1.807) is 19.2 Å². The molecule has 0 aliphatic rings. The van der Waals surface area contributed by atoms with Gasteiger partial charge in [0.05, 0.1) is 0 Å². The van der Waals surface area contributed by atoms with Gasteiger partial charge in [0.1, 0.15) is 0 Å². The molecule has 3 heteroatoms. The summed E-state index contributed by atoms with van der Waals surface area (Å²) < 4.78 is 5.87. The summed E-state index contributed by atoms with van der Waals surface area (Å²) in [6.07, 6.45) is 0. The maximum atomic E-state index is 12.8. The van der Waals surface area contributed by atoms with Gasteiger partial charge < -0.3 is 10.1 Å². The van der Waals surface area contributed by atoms with Crippen molar-refractivity contribution in [3.8, 4) is 0 Å². The number of carbonyl (C=O) groups excluding carboxylic acids is 1. The van der Waals surface area contributed by atoms with Crippen LogP contribution in [0.4, 0.5) is 0 Å². The zero-order valence-corrected chi connectivity index (χ0v) is 13.5. The van der Waals surface area contributed by atoms with Crippen molar-refractivity contribution in [2.75, 3.05) is 7.11 Å². The lowest BCUT2D eigenvalue weighted by atomic mass is 9.93. The average Bonchev–Trinajstić information content (AvgIpc) is 2.68. The number of amides is 1. The molecule has 1 N–H and O–H groups in total. The van der Waals surface area contributed by atoms with Gasteiger partial charge in [-0.25, -0.2) is 0 Å². The van der Waals surface area contributed by atoms with Gasteiger partial charge in [-0.1, -0.05) is 78.9 Å². The monoisotopic (exact) mass is 317 g/mol. The number of hydrogen-bond acceptors (Lipinski definition) is 2. The molecule has 0 aliphatic carbocycles. The molecule has 0 unspecified atom stereocenters. The molecule has 120 valence electrons. The molecular formula is C21H19NO2. The maximum absolute atomic E-state index is 12.8. The van der Waals surface area contributed by atoms with E-state index in [-0.39, 0.29) is 5.91 Å². The van der Waals surface area contributed by atoms with E-state index in [1.807, 2.05) is 78.9 Å². The lowest BCUT2D eigenvalue weighted by molar-refractivity contribution is -0.00497. The van der Waals surface area contributed by atoms with Gasteiger partial charge in [-0.15, -0.1) is 0 Å². The molecule has 0 aromatic heterocycles. The number of hydrogen-bond donors (Lipinski definition) is 1. The van der Waals surface area contributed by atoms with Gasteiger partial charge in [-0.2, -0.15) is 0 Å². The zero-order chi connectivity index (χ0) is 16.8. The van der Waals surface area contributed by atoms with Crippen LogP contribution in [-0.2, 0) is 10.5 Å². The Hall–Kier alpha value is -2.91. The number of methoxy groups -OCH3 is 1. The fourth-order valence-corrected chi connectivity index (χ4v) is 2.77. The highest BCUT2D eigenvalue weighted by molar-refractivity contribution is 5.94. The Balaban J connectivity index is 2.07. The van der Waals surface area contributed by atoms with E-state index in [4.69, 9.17) is 4.74 Å². The molecule has 0 aliphatic heterocycles. The number of ether oxygens (including phenoxy) is 1. The fraction of sp³-hybridized carbons (Fsp3) is 0.0952. The Morgan fingerprint density at radius 3 is 1.58 bits per heavy atom. The van der Waals surface area contributed by atoms with Gasteiger partial charge in [-0.3, -0.25) is 4.79 Å². The zero-order valence-electron chi connectivity index (χ0n) is 13.5. The highest BCUT2D eigenvalue weighted by atomic mass is 16.5. The Kier molecular flexibility index (Phi) is 4.73. The van der Waals surface area contributed by atoms with Crippen molar-refractivity contribution in [2.45, 2.75) is 5.72 Å². The van der Waals surface area contributed by atoms with Gasteiger partial charge in [0.15, 0.2) is 5.72 Å². The van der Waals surface area contributed by atoms with E-state index in [1.165, 1.54) is 0 Å². The maximum Gasteiger partial charge on any atom is 0.254 e. The number of benzene rings is 3. The number of nitrogens with one attached hydrogen (secondary N) is 1. The molecule has 0 atom stereocenters. The summed E-state index contributed by atoms with van der Waals surface area (Å²) in [4.78, 5) is 12.8. The largest absolute Gasteiger partial charge is 0.351 e. The Bertz CT molecular complexity index is 746. The van der Waals surface area contributed by atoms with Gasteiger partial charge in [0.25, 0.3) is 5.91 Å². The molecule has 0 bridgehead atoms. The highest BCUT2D eigenvalue weighted by Gasteiger charge is 2.36. The van der Waals surface area contributed by atoms with Crippen LogP contribution < -0.4 is 5.32 Å². The average molecular weight is 317 g/mol. The summed E-state index contributed by atoms with van der Waals surface area (Å²) in [6.45, 7) is 0. The molecule has 1 amide bonds. The molecule has 24 heavy (non-hydrogen) atoms. The van der Waals surface area contributed by atoms with Gasteiger partial charge in [-0.05, 0) is 12.1 Å². The number of carbonyl (C=O) groups is 1. The normalized spacial score (nSPS) is 11.0. The molecule has 0 spiro atoms. The van der Waals surface area contributed by atoms with E-state index >= 15 is 0 Å². The summed E-state index contributed by atoms with van der Waals surface area (Å²) in [5.41, 5.74) is 1.27. The van der Waals surface area contributed by atoms with Crippen LogP contribution in [0.3, 0.4) is 0 Å². The molecule has 3 nitrogen and oxygen atoms in total. The predicted octanol–water partition coefficient (Wildman–Crippen LogP) is 3.96. The highest BCUT2D eigenvalue weighted by Crippen LogP contribution is 2.30. The van der Waals surface area contributed by atoms with Crippen LogP contribution in [0, 0.1) is 0 Å². The van der Waals surface area contributed by atoms with Crippen LogP contribution in [0.5, 0.6) is 0 Å². The van der Waals surface area contributed by atoms with E-state index in [0.29, 0.717) is 5.56 Å². The third kappa shape index (κ3) is 3.07. The van der Waals surface area contributed by atoms with Crippen molar-refractivity contribution in [1.82, 2.24) is 5.32 Å². The van der Waals surface area contributed by atoms with Crippen molar-refractivity contribution >= 4 is 5.91 Å². The topological polar surface area (TPSA) is 38.3 Å². The lowest BCUT2D eigenvalue weighted by Crippen LogP contribution is -2.48. The van der Waals surface area contributed by atoms with Gasteiger partial charge in [0, 0.05) is 23.8 Å². The van der Waals surface area contributed by atoms with Crippen molar-refractivity contribution in [3.05, 3.63) is 108 Å². The first-order chi connectivity index (χ1) is 11.8. The minimum absolute atomic E-state index is 0.190. The van der Waals surface area contributed by atoms with Crippen LogP contribution in [0.2, 0.25) is 0 Å². The third-order valence-electron chi connectivity index (χ3n) is 3.99. The lowest BCUT2D eigenvalue weighted by Gasteiger charge is -2.34. The molecule has 0 saturated heterocycles. The van der Waals surface area contributed by atoms with Crippen LogP contribution >= 0.6 is 0 Å². The minimum atomic E-state index is -1.05. The third-order valence-corrected chi connectivity index (χ3v) is 3.99. The molecule has 0 radical (unpaired) electrons. The smallest absolute Gasteiger partial charge is 0.254 e. The van der Waals surface area contributed by atoms with E-state index in [2.05, 4.69) is 5.32 Å². The van der Waals surface area contributed by atoms with Crippen molar-refractivity contribution in [2.24, 2.45) is 0 Å². The molecule has 0 heterocycles. The summed E-state index contributed by atoms with van der Waals surface area (Å²) in [6, 6.07) is 28.5. The van der Waals surface area contributed by atoms with E-state index in [9.17, 15) is 4.79 Å².